The van der Waals surface area contributed by atoms with E-state index in [9.17, 15) is 24.6 Å². The number of ketones is 1. The van der Waals surface area contributed by atoms with Gasteiger partial charge in [0.1, 0.15) is 0 Å². The molecule has 7 atom stereocenters. The molecule has 0 unspecified atom stereocenters. The molecule has 7 nitrogen and oxygen atoms in total. The van der Waals surface area contributed by atoms with Crippen molar-refractivity contribution in [2.45, 2.75) is 90.4 Å². The molecule has 0 saturated heterocycles. The summed E-state index contributed by atoms with van der Waals surface area (Å²) in [6.07, 6.45) is 3.56. The summed E-state index contributed by atoms with van der Waals surface area (Å²) in [5, 5.41) is 21.6. The third-order valence-corrected chi connectivity index (χ3v) is 8.95. The van der Waals surface area contributed by atoms with Crippen molar-refractivity contribution in [3.8, 4) is 0 Å². The van der Waals surface area contributed by atoms with Crippen molar-refractivity contribution in [1.29, 1.82) is 0 Å². The van der Waals surface area contributed by atoms with E-state index in [-0.39, 0.29) is 41.8 Å². The number of aliphatic carboxylic acids is 1. The first-order valence-electron chi connectivity index (χ1n) is 11.5. The van der Waals surface area contributed by atoms with Gasteiger partial charge in [-0.15, -0.1) is 0 Å². The van der Waals surface area contributed by atoms with Gasteiger partial charge >= 0.3 is 12.1 Å². The van der Waals surface area contributed by atoms with Gasteiger partial charge in [-0.2, -0.15) is 0 Å². The van der Waals surface area contributed by atoms with Crippen LogP contribution in [0.5, 0.6) is 0 Å². The quantitative estimate of drug-likeness (QED) is 0.649. The van der Waals surface area contributed by atoms with Gasteiger partial charge < -0.3 is 19.7 Å². The van der Waals surface area contributed by atoms with Gasteiger partial charge in [-0.3, -0.25) is 4.79 Å². The molecule has 0 bridgehead atoms. The van der Waals surface area contributed by atoms with Gasteiger partial charge in [0.15, 0.2) is 5.78 Å². The van der Waals surface area contributed by atoms with Crippen LogP contribution in [0.4, 0.5) is 4.79 Å². The number of ether oxygens (including phenoxy) is 2. The number of carbonyl (C=O) groups excluding carboxylic acids is 2. The minimum absolute atomic E-state index is 0.0138. The second kappa shape index (κ2) is 7.32. The Kier molecular flexibility index (Phi) is 5.27. The number of fused-ring (bicyclic) bond motifs is 5. The fourth-order valence-corrected chi connectivity index (χ4v) is 7.60. The van der Waals surface area contributed by atoms with E-state index < -0.39 is 35.3 Å². The van der Waals surface area contributed by atoms with Crippen LogP contribution in [0, 0.1) is 28.6 Å². The first-order chi connectivity index (χ1) is 14.4. The molecule has 0 aliphatic heterocycles. The number of allylic oxidation sites excluding steroid dienone is 1. The van der Waals surface area contributed by atoms with Gasteiger partial charge in [0, 0.05) is 11.8 Å². The number of hydrogen-bond donors (Lipinski definition) is 2. The third kappa shape index (κ3) is 3.14. The van der Waals surface area contributed by atoms with Gasteiger partial charge in [-0.1, -0.05) is 19.4 Å². The monoisotopic (exact) mass is 434 g/mol. The Morgan fingerprint density at radius 1 is 1.16 bits per heavy atom. The number of aliphatic hydroxyl groups excluding tert-OH is 1. The highest BCUT2D eigenvalue weighted by atomic mass is 16.7. The summed E-state index contributed by atoms with van der Waals surface area (Å²) in [6.45, 7) is 7.39. The molecule has 7 heteroatoms. The van der Waals surface area contributed by atoms with Crippen LogP contribution < -0.4 is 0 Å². The molecule has 0 radical (unpaired) electrons. The van der Waals surface area contributed by atoms with Crippen molar-refractivity contribution in [3.63, 3.8) is 0 Å². The number of carbonyl (C=O) groups is 3. The normalized spacial score (nSPS) is 44.1. The van der Waals surface area contributed by atoms with Crippen LogP contribution in [0.15, 0.2) is 11.6 Å². The molecule has 0 aromatic carbocycles. The van der Waals surface area contributed by atoms with Gasteiger partial charge in [0.2, 0.25) is 5.60 Å². The Morgan fingerprint density at radius 3 is 2.52 bits per heavy atom. The summed E-state index contributed by atoms with van der Waals surface area (Å²) in [6, 6.07) is 0. The van der Waals surface area contributed by atoms with E-state index in [1.807, 2.05) is 6.92 Å². The molecule has 0 aromatic heterocycles. The van der Waals surface area contributed by atoms with Gasteiger partial charge in [-0.25, -0.2) is 9.59 Å². The Bertz CT molecular complexity index is 832. The minimum atomic E-state index is -1.71. The van der Waals surface area contributed by atoms with E-state index >= 15 is 0 Å². The number of aliphatic hydroxyl groups is 1. The van der Waals surface area contributed by atoms with Gasteiger partial charge in [-0.05, 0) is 81.6 Å². The van der Waals surface area contributed by atoms with Crippen LogP contribution in [0.2, 0.25) is 0 Å². The second-order valence-electron chi connectivity index (χ2n) is 10.8. The smallest absolute Gasteiger partial charge is 0.478 e. The standard InChI is InChI=1S/C24H34O7/c1-13(2)30-21(29)31-24(20(27)28)10-8-17-16-6-5-14-11-15(25)7-9-22(14,3)19(16)18(26)12-23(17,24)4/h11,13,16-19,26H,5-10,12H2,1-4H3,(H,27,28)/t16-,17-,18-,19+,22-,23-,24-/m0/s1. The van der Waals surface area contributed by atoms with E-state index in [1.54, 1.807) is 19.9 Å². The van der Waals surface area contributed by atoms with Crippen LogP contribution in [0.1, 0.15) is 72.6 Å². The largest absolute Gasteiger partial charge is 0.509 e. The molecular weight excluding hydrogens is 400 g/mol. The Balaban J connectivity index is 1.70. The van der Waals surface area contributed by atoms with E-state index in [4.69, 9.17) is 9.47 Å². The number of carboxylic acids is 1. The maximum Gasteiger partial charge on any atom is 0.509 e. The summed E-state index contributed by atoms with van der Waals surface area (Å²) in [5.74, 6) is -0.903. The predicted molar refractivity (Wildman–Crippen MR) is 111 cm³/mol. The van der Waals surface area contributed by atoms with Crippen LogP contribution in [-0.2, 0) is 19.1 Å². The molecule has 4 aliphatic rings. The number of rotatable bonds is 3. The zero-order valence-corrected chi connectivity index (χ0v) is 18.8. The predicted octanol–water partition coefficient (Wildman–Crippen LogP) is 3.87. The van der Waals surface area contributed by atoms with Crippen molar-refractivity contribution >= 4 is 17.9 Å². The van der Waals surface area contributed by atoms with Crippen molar-refractivity contribution in [3.05, 3.63) is 11.6 Å². The van der Waals surface area contributed by atoms with Crippen LogP contribution in [0.25, 0.3) is 0 Å². The Labute approximate surface area is 183 Å². The van der Waals surface area contributed by atoms with Gasteiger partial charge in [0.05, 0.1) is 12.2 Å². The van der Waals surface area contributed by atoms with Crippen LogP contribution in [-0.4, -0.2) is 45.9 Å². The maximum atomic E-state index is 12.5. The lowest BCUT2D eigenvalue weighted by Crippen LogP contribution is -2.62. The number of hydrogen-bond acceptors (Lipinski definition) is 6. The van der Waals surface area contributed by atoms with Gasteiger partial charge in [0.25, 0.3) is 0 Å². The van der Waals surface area contributed by atoms with E-state index in [0.29, 0.717) is 12.8 Å². The molecule has 4 aliphatic carbocycles. The fourth-order valence-electron chi connectivity index (χ4n) is 7.60. The summed E-state index contributed by atoms with van der Waals surface area (Å²) in [4.78, 5) is 36.9. The van der Waals surface area contributed by atoms with Crippen molar-refractivity contribution in [1.82, 2.24) is 0 Å². The lowest BCUT2D eigenvalue weighted by atomic mass is 9.45. The molecule has 0 aromatic rings. The molecule has 2 N–H and O–H groups in total. The summed E-state index contributed by atoms with van der Waals surface area (Å²) < 4.78 is 10.7. The third-order valence-electron chi connectivity index (χ3n) is 8.95. The molecule has 4 rings (SSSR count). The maximum absolute atomic E-state index is 12.5. The SMILES string of the molecule is CC(C)OC(=O)O[C@]1(C(=O)O)CC[C@H]2[C@@H]3CCC4=CC(=O)CC[C@]4(C)[C@H]3[C@@H](O)C[C@@]21C. The van der Waals surface area contributed by atoms with E-state index in [2.05, 4.69) is 6.92 Å². The summed E-state index contributed by atoms with van der Waals surface area (Å²) >= 11 is 0. The first kappa shape index (κ1) is 22.3. The Morgan fingerprint density at radius 2 is 1.87 bits per heavy atom. The average Bonchev–Trinajstić information content (AvgIpc) is 2.94. The Hall–Kier alpha value is -1.89. The van der Waals surface area contributed by atoms with Crippen molar-refractivity contribution < 1.29 is 34.1 Å². The minimum Gasteiger partial charge on any atom is -0.478 e. The molecule has 3 saturated carbocycles. The van der Waals surface area contributed by atoms with Crippen LogP contribution in [0.3, 0.4) is 0 Å². The topological polar surface area (TPSA) is 110 Å². The molecular formula is C24H34O7. The van der Waals surface area contributed by atoms with Crippen molar-refractivity contribution in [2.24, 2.45) is 28.6 Å². The molecule has 0 spiro atoms. The zero-order chi connectivity index (χ0) is 22.8. The highest BCUT2D eigenvalue weighted by Gasteiger charge is 2.71. The van der Waals surface area contributed by atoms with Crippen molar-refractivity contribution in [2.75, 3.05) is 0 Å². The zero-order valence-electron chi connectivity index (χ0n) is 18.8. The van der Waals surface area contributed by atoms with E-state index in [0.717, 1.165) is 24.8 Å². The molecule has 0 heterocycles. The molecule has 3 fully saturated rings. The first-order valence-corrected chi connectivity index (χ1v) is 11.5. The number of carboxylic acid groups (broad SMARTS) is 1. The highest BCUT2D eigenvalue weighted by molar-refractivity contribution is 5.91. The van der Waals surface area contributed by atoms with E-state index in [1.165, 1.54) is 0 Å². The highest BCUT2D eigenvalue weighted by Crippen LogP contribution is 2.68. The fraction of sp³-hybridized carbons (Fsp3) is 0.792. The second-order valence-corrected chi connectivity index (χ2v) is 10.8. The van der Waals surface area contributed by atoms with Crippen LogP contribution >= 0.6 is 0 Å². The summed E-state index contributed by atoms with van der Waals surface area (Å²) in [5.41, 5.74) is -1.72. The lowest BCUT2D eigenvalue weighted by molar-refractivity contribution is -0.199. The molecule has 31 heavy (non-hydrogen) atoms. The average molecular weight is 435 g/mol. The molecule has 0 amide bonds. The molecule has 172 valence electrons. The lowest BCUT2D eigenvalue weighted by Gasteiger charge is -2.60. The summed E-state index contributed by atoms with van der Waals surface area (Å²) in [7, 11) is 0.